The number of H-pyrrole nitrogens is 1. The van der Waals surface area contributed by atoms with Crippen molar-refractivity contribution in [2.24, 2.45) is 0 Å². The molecule has 1 aliphatic rings. The van der Waals surface area contributed by atoms with Crippen molar-refractivity contribution >= 4 is 5.91 Å². The fraction of sp³-hybridized carbons (Fsp3) is 0.227. The number of nitrogens with one attached hydrogen (secondary N) is 1. The lowest BCUT2D eigenvalue weighted by molar-refractivity contribution is 0.0706. The van der Waals surface area contributed by atoms with Gasteiger partial charge in [0, 0.05) is 42.0 Å². The minimum atomic E-state index is 0.0113. The van der Waals surface area contributed by atoms with Crippen molar-refractivity contribution in [2.45, 2.75) is 18.8 Å². The van der Waals surface area contributed by atoms with Crippen LogP contribution < -0.4 is 0 Å². The van der Waals surface area contributed by atoms with Crippen molar-refractivity contribution in [3.8, 4) is 16.9 Å². The summed E-state index contributed by atoms with van der Waals surface area (Å²) in [5.74, 6) is 0.858. The van der Waals surface area contributed by atoms with E-state index in [9.17, 15) is 4.79 Å². The van der Waals surface area contributed by atoms with Crippen LogP contribution in [0.15, 0.2) is 67.5 Å². The molecule has 0 saturated carbocycles. The topological polar surface area (TPSA) is 92.6 Å². The Morgan fingerprint density at radius 2 is 1.93 bits per heavy atom. The van der Waals surface area contributed by atoms with Crippen molar-refractivity contribution in [1.82, 2.24) is 34.8 Å². The predicted octanol–water partition coefficient (Wildman–Crippen LogP) is 3.07. The lowest BCUT2D eigenvalue weighted by Crippen LogP contribution is -2.39. The first-order valence-electron chi connectivity index (χ1n) is 9.98. The second-order valence-corrected chi connectivity index (χ2v) is 7.43. The third kappa shape index (κ3) is 3.47. The summed E-state index contributed by atoms with van der Waals surface area (Å²) in [5, 5.41) is 15.1. The number of piperidine rings is 1. The third-order valence-electron chi connectivity index (χ3n) is 5.55. The van der Waals surface area contributed by atoms with Crippen LogP contribution in [-0.2, 0) is 0 Å². The van der Waals surface area contributed by atoms with E-state index < -0.39 is 0 Å². The zero-order chi connectivity index (χ0) is 20.3. The van der Waals surface area contributed by atoms with Gasteiger partial charge in [0.25, 0.3) is 5.91 Å². The number of nitrogens with zero attached hydrogens (tertiary/aromatic N) is 6. The van der Waals surface area contributed by atoms with E-state index in [2.05, 4.69) is 37.5 Å². The minimum Gasteiger partial charge on any atom is -0.338 e. The molecular weight excluding hydrogens is 378 g/mol. The van der Waals surface area contributed by atoms with Crippen molar-refractivity contribution in [3.63, 3.8) is 0 Å². The number of rotatable bonds is 4. The Morgan fingerprint density at radius 3 is 2.77 bits per heavy atom. The largest absolute Gasteiger partial charge is 0.338 e. The van der Waals surface area contributed by atoms with Crippen LogP contribution in [0.5, 0.6) is 0 Å². The van der Waals surface area contributed by atoms with Crippen molar-refractivity contribution in [3.05, 3.63) is 78.8 Å². The number of aromatic amines is 1. The highest BCUT2D eigenvalue weighted by molar-refractivity contribution is 5.94. The number of carbonyl (C=O) groups excluding carboxylic acids is 1. The maximum atomic E-state index is 13.2. The standard InChI is InChI=1S/C22H21N7O/c30-22(17-8-9-23-20(11-17)29-14-25-26-15-29)28-10-4-7-18(13-28)21-19(12-24-27-21)16-5-2-1-3-6-16/h1-3,5-6,8-9,11-12,14-15,18H,4,7,10,13H2,(H,24,27)/t18-/m0/s1. The highest BCUT2D eigenvalue weighted by Crippen LogP contribution is 2.33. The molecule has 4 aromatic rings. The molecule has 1 amide bonds. The Labute approximate surface area is 173 Å². The molecule has 1 saturated heterocycles. The average molecular weight is 399 g/mol. The van der Waals surface area contributed by atoms with E-state index in [1.54, 1.807) is 35.6 Å². The maximum absolute atomic E-state index is 13.2. The summed E-state index contributed by atoms with van der Waals surface area (Å²) in [6, 6.07) is 13.8. The molecule has 150 valence electrons. The molecule has 0 spiro atoms. The summed E-state index contributed by atoms with van der Waals surface area (Å²) in [7, 11) is 0. The van der Waals surface area contributed by atoms with Gasteiger partial charge in [-0.3, -0.25) is 14.5 Å². The van der Waals surface area contributed by atoms with Crippen LogP contribution >= 0.6 is 0 Å². The van der Waals surface area contributed by atoms with Gasteiger partial charge in [0.1, 0.15) is 18.5 Å². The second-order valence-electron chi connectivity index (χ2n) is 7.43. The average Bonchev–Trinajstić information content (AvgIpc) is 3.52. The number of likely N-dealkylation sites (tertiary alicyclic amines) is 1. The molecule has 5 rings (SSSR count). The second kappa shape index (κ2) is 7.90. The normalized spacial score (nSPS) is 16.5. The van der Waals surface area contributed by atoms with Crippen LogP contribution in [0.1, 0.15) is 34.8 Å². The third-order valence-corrected chi connectivity index (χ3v) is 5.55. The van der Waals surface area contributed by atoms with E-state index in [-0.39, 0.29) is 11.8 Å². The van der Waals surface area contributed by atoms with Crippen molar-refractivity contribution < 1.29 is 4.79 Å². The molecule has 8 heteroatoms. The van der Waals surface area contributed by atoms with Gasteiger partial charge in [-0.15, -0.1) is 10.2 Å². The number of carbonyl (C=O) groups is 1. The predicted molar refractivity (Wildman–Crippen MR) is 111 cm³/mol. The van der Waals surface area contributed by atoms with Crippen LogP contribution in [0.4, 0.5) is 0 Å². The van der Waals surface area contributed by atoms with E-state index in [1.165, 1.54) is 0 Å². The Hall–Kier alpha value is -3.81. The molecule has 4 heterocycles. The summed E-state index contributed by atoms with van der Waals surface area (Å²) in [5.41, 5.74) is 3.95. The quantitative estimate of drug-likeness (QED) is 0.569. The Balaban J connectivity index is 1.37. The first-order valence-corrected chi connectivity index (χ1v) is 9.98. The van der Waals surface area contributed by atoms with Gasteiger partial charge in [-0.25, -0.2) is 4.98 Å². The first-order chi connectivity index (χ1) is 14.8. The maximum Gasteiger partial charge on any atom is 0.254 e. The first kappa shape index (κ1) is 18.2. The lowest BCUT2D eigenvalue weighted by atomic mass is 9.90. The van der Waals surface area contributed by atoms with Crippen LogP contribution in [-0.4, -0.2) is 53.8 Å². The monoisotopic (exact) mass is 399 g/mol. The number of amides is 1. The summed E-state index contributed by atoms with van der Waals surface area (Å²) >= 11 is 0. The molecule has 1 atom stereocenters. The van der Waals surface area contributed by atoms with Crippen LogP contribution in [0.3, 0.4) is 0 Å². The van der Waals surface area contributed by atoms with Gasteiger partial charge in [-0.05, 0) is 30.5 Å². The zero-order valence-corrected chi connectivity index (χ0v) is 16.3. The summed E-state index contributed by atoms with van der Waals surface area (Å²) in [4.78, 5) is 19.5. The van der Waals surface area contributed by atoms with E-state index in [4.69, 9.17) is 0 Å². The SMILES string of the molecule is O=C(c1ccnc(-n2cnnc2)c1)N1CCC[C@H](c2[nH]ncc2-c2ccccc2)C1. The van der Waals surface area contributed by atoms with Crippen LogP contribution in [0.2, 0.25) is 0 Å². The van der Waals surface area contributed by atoms with Gasteiger partial charge < -0.3 is 4.90 Å². The number of hydrogen-bond donors (Lipinski definition) is 1. The molecule has 0 bridgehead atoms. The number of hydrogen-bond acceptors (Lipinski definition) is 5. The molecule has 1 N–H and O–H groups in total. The van der Waals surface area contributed by atoms with E-state index in [0.29, 0.717) is 17.9 Å². The smallest absolute Gasteiger partial charge is 0.254 e. The Bertz CT molecular complexity index is 1140. The van der Waals surface area contributed by atoms with E-state index in [1.807, 2.05) is 29.3 Å². The molecule has 0 radical (unpaired) electrons. The van der Waals surface area contributed by atoms with Crippen LogP contribution in [0, 0.1) is 0 Å². The fourth-order valence-electron chi connectivity index (χ4n) is 4.05. The zero-order valence-electron chi connectivity index (χ0n) is 16.3. The molecule has 1 aromatic carbocycles. The molecular formula is C22H21N7O. The minimum absolute atomic E-state index is 0.0113. The lowest BCUT2D eigenvalue weighted by Gasteiger charge is -2.33. The highest BCUT2D eigenvalue weighted by Gasteiger charge is 2.28. The Morgan fingerprint density at radius 1 is 1.10 bits per heavy atom. The fourth-order valence-corrected chi connectivity index (χ4v) is 4.05. The highest BCUT2D eigenvalue weighted by atomic mass is 16.2. The summed E-state index contributed by atoms with van der Waals surface area (Å²) < 4.78 is 1.69. The molecule has 8 nitrogen and oxygen atoms in total. The summed E-state index contributed by atoms with van der Waals surface area (Å²) in [6.07, 6.45) is 8.63. The number of benzene rings is 1. The van der Waals surface area contributed by atoms with E-state index in [0.717, 1.165) is 36.2 Å². The van der Waals surface area contributed by atoms with Gasteiger partial charge in [0.2, 0.25) is 0 Å². The molecule has 0 unspecified atom stereocenters. The van der Waals surface area contributed by atoms with Crippen molar-refractivity contribution in [1.29, 1.82) is 0 Å². The van der Waals surface area contributed by atoms with Crippen LogP contribution in [0.25, 0.3) is 16.9 Å². The van der Waals surface area contributed by atoms with Gasteiger partial charge in [0.15, 0.2) is 0 Å². The number of pyridine rings is 1. The van der Waals surface area contributed by atoms with E-state index >= 15 is 0 Å². The summed E-state index contributed by atoms with van der Waals surface area (Å²) in [6.45, 7) is 1.40. The molecule has 1 aliphatic heterocycles. The molecule has 30 heavy (non-hydrogen) atoms. The van der Waals surface area contributed by atoms with Gasteiger partial charge in [0.05, 0.1) is 6.20 Å². The molecule has 1 fully saturated rings. The molecule has 3 aromatic heterocycles. The molecule has 0 aliphatic carbocycles. The Kier molecular flexibility index (Phi) is 4.80. The van der Waals surface area contributed by atoms with Crippen molar-refractivity contribution in [2.75, 3.05) is 13.1 Å². The van der Waals surface area contributed by atoms with Gasteiger partial charge in [-0.2, -0.15) is 5.10 Å². The van der Waals surface area contributed by atoms with Gasteiger partial charge >= 0.3 is 0 Å². The number of aromatic nitrogens is 6. The van der Waals surface area contributed by atoms with Gasteiger partial charge in [-0.1, -0.05) is 30.3 Å².